The second-order valence-electron chi connectivity index (χ2n) is 8.47. The third-order valence-corrected chi connectivity index (χ3v) is 7.22. The molecule has 38 heavy (non-hydrogen) atoms. The Hall–Kier alpha value is -3.98. The summed E-state index contributed by atoms with van der Waals surface area (Å²) in [6.45, 7) is 7.31. The standard InChI is InChI=1S/C29H31N3O5S/c1-5-31(6-2)25(33)18-32-17-19(22-10-8-9-11-23(22)32)16-24-27(34)26(29(35)37-7-3)28(38-24)30-20-12-14-21(36-4)15-13-20/h8-17,34H,5-7,18H2,1-4H3/b24-16-,30-28?. The van der Waals surface area contributed by atoms with E-state index in [-0.39, 0.29) is 30.4 Å². The molecule has 2 heterocycles. The third-order valence-electron chi connectivity index (χ3n) is 6.20. The van der Waals surface area contributed by atoms with Crippen LogP contribution in [0.3, 0.4) is 0 Å². The molecule has 0 radical (unpaired) electrons. The van der Waals surface area contributed by atoms with E-state index < -0.39 is 5.97 Å². The van der Waals surface area contributed by atoms with E-state index in [4.69, 9.17) is 9.47 Å². The van der Waals surface area contributed by atoms with E-state index in [0.717, 1.165) is 16.5 Å². The zero-order valence-corrected chi connectivity index (χ0v) is 22.7. The molecule has 0 bridgehead atoms. The largest absolute Gasteiger partial charge is 0.506 e. The smallest absolute Gasteiger partial charge is 0.344 e. The number of benzene rings is 2. The molecule has 3 aromatic rings. The summed E-state index contributed by atoms with van der Waals surface area (Å²) >= 11 is 1.20. The van der Waals surface area contributed by atoms with Crippen LogP contribution in [0.4, 0.5) is 5.69 Å². The second-order valence-corrected chi connectivity index (χ2v) is 9.50. The number of carbonyl (C=O) groups excluding carboxylic acids is 2. The van der Waals surface area contributed by atoms with Crippen molar-refractivity contribution in [2.45, 2.75) is 27.3 Å². The molecule has 1 aliphatic heterocycles. The van der Waals surface area contributed by atoms with Crippen molar-refractivity contribution in [3.05, 3.63) is 76.5 Å². The number of aromatic nitrogens is 1. The summed E-state index contributed by atoms with van der Waals surface area (Å²) in [7, 11) is 1.58. The monoisotopic (exact) mass is 533 g/mol. The molecule has 0 fully saturated rings. The molecule has 9 heteroatoms. The molecule has 0 spiro atoms. The highest BCUT2D eigenvalue weighted by molar-refractivity contribution is 8.18. The van der Waals surface area contributed by atoms with Gasteiger partial charge in [-0.25, -0.2) is 9.79 Å². The molecule has 0 saturated heterocycles. The number of ether oxygens (including phenoxy) is 2. The zero-order valence-electron chi connectivity index (χ0n) is 21.9. The van der Waals surface area contributed by atoms with Crippen molar-refractivity contribution < 1.29 is 24.2 Å². The highest BCUT2D eigenvalue weighted by Gasteiger charge is 2.33. The topological polar surface area (TPSA) is 93.4 Å². The van der Waals surface area contributed by atoms with Crippen LogP contribution in [0.25, 0.3) is 17.0 Å². The fraction of sp³-hybridized carbons (Fsp3) is 0.276. The minimum absolute atomic E-state index is 0.0272. The first-order valence-electron chi connectivity index (χ1n) is 12.5. The van der Waals surface area contributed by atoms with Crippen LogP contribution in [-0.2, 0) is 20.9 Å². The van der Waals surface area contributed by atoms with Crippen LogP contribution >= 0.6 is 11.8 Å². The molecule has 198 valence electrons. The zero-order chi connectivity index (χ0) is 27.2. The molecule has 0 aliphatic carbocycles. The Morgan fingerprint density at radius 3 is 2.45 bits per heavy atom. The van der Waals surface area contributed by atoms with Crippen LogP contribution in [0.15, 0.2) is 76.0 Å². The number of thioether (sulfide) groups is 1. The summed E-state index contributed by atoms with van der Waals surface area (Å²) in [5.74, 6) is -0.0999. The van der Waals surface area contributed by atoms with Gasteiger partial charge in [0, 0.05) is 35.8 Å². The summed E-state index contributed by atoms with van der Waals surface area (Å²) in [6, 6.07) is 14.9. The average molecular weight is 534 g/mol. The Bertz CT molecular complexity index is 1430. The quantitative estimate of drug-likeness (QED) is 0.354. The van der Waals surface area contributed by atoms with Crippen molar-refractivity contribution in [1.82, 2.24) is 9.47 Å². The Labute approximate surface area is 226 Å². The SMILES string of the molecule is CCOC(=O)C1=C(O)/C(=C/c2cn(CC(=O)N(CC)CC)c3ccccc23)SC1=Nc1ccc(OC)cc1. The molecule has 4 rings (SSSR count). The number of para-hydroxylation sites is 1. The Balaban J connectivity index is 1.75. The van der Waals surface area contributed by atoms with Crippen molar-refractivity contribution in [2.24, 2.45) is 4.99 Å². The van der Waals surface area contributed by atoms with Crippen LogP contribution < -0.4 is 4.74 Å². The Morgan fingerprint density at radius 1 is 1.08 bits per heavy atom. The molecule has 1 N–H and O–H groups in total. The summed E-state index contributed by atoms with van der Waals surface area (Å²) in [5.41, 5.74) is 2.36. The van der Waals surface area contributed by atoms with Gasteiger partial charge in [-0.15, -0.1) is 0 Å². The van der Waals surface area contributed by atoms with Crippen LogP contribution in [0, 0.1) is 0 Å². The van der Waals surface area contributed by atoms with Gasteiger partial charge in [0.2, 0.25) is 5.91 Å². The number of methoxy groups -OCH3 is 1. The lowest BCUT2D eigenvalue weighted by Gasteiger charge is -2.19. The lowest BCUT2D eigenvalue weighted by atomic mass is 10.1. The van der Waals surface area contributed by atoms with Crippen molar-refractivity contribution in [3.63, 3.8) is 0 Å². The van der Waals surface area contributed by atoms with E-state index in [1.165, 1.54) is 11.8 Å². The lowest BCUT2D eigenvalue weighted by Crippen LogP contribution is -2.33. The van der Waals surface area contributed by atoms with Gasteiger partial charge < -0.3 is 24.0 Å². The van der Waals surface area contributed by atoms with E-state index in [0.29, 0.717) is 34.5 Å². The van der Waals surface area contributed by atoms with E-state index in [2.05, 4.69) is 4.99 Å². The number of carbonyl (C=O) groups is 2. The first kappa shape index (κ1) is 27.1. The van der Waals surface area contributed by atoms with Gasteiger partial charge in [0.25, 0.3) is 0 Å². The fourth-order valence-electron chi connectivity index (χ4n) is 4.25. The minimum atomic E-state index is -0.639. The van der Waals surface area contributed by atoms with Gasteiger partial charge in [0.1, 0.15) is 28.7 Å². The number of likely N-dealkylation sites (N-methyl/N-ethyl adjacent to an activating group) is 1. The number of nitrogens with zero attached hydrogens (tertiary/aromatic N) is 3. The number of rotatable bonds is 9. The number of hydrogen-bond acceptors (Lipinski definition) is 7. The number of hydrogen-bond donors (Lipinski definition) is 1. The predicted octanol–water partition coefficient (Wildman–Crippen LogP) is 5.71. The maximum absolute atomic E-state index is 12.8. The van der Waals surface area contributed by atoms with Crippen molar-refractivity contribution >= 4 is 51.3 Å². The van der Waals surface area contributed by atoms with Gasteiger partial charge in [-0.05, 0) is 57.2 Å². The van der Waals surface area contributed by atoms with E-state index in [9.17, 15) is 14.7 Å². The van der Waals surface area contributed by atoms with Crippen molar-refractivity contribution in [3.8, 4) is 5.75 Å². The van der Waals surface area contributed by atoms with Crippen LogP contribution in [0.5, 0.6) is 5.75 Å². The highest BCUT2D eigenvalue weighted by Crippen LogP contribution is 2.41. The maximum atomic E-state index is 12.8. The van der Waals surface area contributed by atoms with E-state index in [1.807, 2.05) is 55.0 Å². The number of aliphatic hydroxyl groups is 1. The van der Waals surface area contributed by atoms with Gasteiger partial charge in [-0.3, -0.25) is 4.79 Å². The Kier molecular flexibility index (Phi) is 8.58. The predicted molar refractivity (Wildman–Crippen MR) is 152 cm³/mol. The number of fused-ring (bicyclic) bond motifs is 1. The highest BCUT2D eigenvalue weighted by atomic mass is 32.2. The molecule has 2 aromatic carbocycles. The third kappa shape index (κ3) is 5.62. The molecule has 0 atom stereocenters. The van der Waals surface area contributed by atoms with Crippen LogP contribution in [-0.4, -0.2) is 58.3 Å². The summed E-state index contributed by atoms with van der Waals surface area (Å²) < 4.78 is 12.3. The molecular formula is C29H31N3O5S. The van der Waals surface area contributed by atoms with Gasteiger partial charge >= 0.3 is 5.97 Å². The van der Waals surface area contributed by atoms with Gasteiger partial charge in [-0.1, -0.05) is 30.0 Å². The van der Waals surface area contributed by atoms with Gasteiger partial charge in [0.15, 0.2) is 0 Å². The summed E-state index contributed by atoms with van der Waals surface area (Å²) in [6.07, 6.45) is 3.71. The first-order chi connectivity index (χ1) is 18.4. The first-order valence-corrected chi connectivity index (χ1v) is 13.3. The average Bonchev–Trinajstić information content (AvgIpc) is 3.42. The van der Waals surface area contributed by atoms with Gasteiger partial charge in [0.05, 0.1) is 24.3 Å². The number of aliphatic imine (C=N–C) groups is 1. The Morgan fingerprint density at radius 2 is 1.79 bits per heavy atom. The normalized spacial score (nSPS) is 15.5. The van der Waals surface area contributed by atoms with Crippen molar-refractivity contribution in [1.29, 1.82) is 0 Å². The molecule has 1 aromatic heterocycles. The molecule has 1 amide bonds. The van der Waals surface area contributed by atoms with E-state index in [1.54, 1.807) is 43.2 Å². The second kappa shape index (κ2) is 12.0. The van der Waals surface area contributed by atoms with Crippen LogP contribution in [0.1, 0.15) is 26.3 Å². The van der Waals surface area contributed by atoms with Gasteiger partial charge in [-0.2, -0.15) is 0 Å². The lowest BCUT2D eigenvalue weighted by molar-refractivity contribution is -0.138. The van der Waals surface area contributed by atoms with Crippen molar-refractivity contribution in [2.75, 3.05) is 26.8 Å². The summed E-state index contributed by atoms with van der Waals surface area (Å²) in [5, 5.41) is 12.4. The minimum Gasteiger partial charge on any atom is -0.506 e. The fourth-order valence-corrected chi connectivity index (χ4v) is 5.28. The summed E-state index contributed by atoms with van der Waals surface area (Å²) in [4.78, 5) is 32.5. The molecular weight excluding hydrogens is 502 g/mol. The molecule has 0 saturated carbocycles. The maximum Gasteiger partial charge on any atom is 0.344 e. The van der Waals surface area contributed by atoms with Crippen LogP contribution in [0.2, 0.25) is 0 Å². The molecule has 1 aliphatic rings. The number of aliphatic hydroxyl groups excluding tert-OH is 1. The molecule has 0 unspecified atom stereocenters. The molecule has 8 nitrogen and oxygen atoms in total. The number of esters is 1. The van der Waals surface area contributed by atoms with E-state index >= 15 is 0 Å². The number of amides is 1.